The molecular formula is C14H12F3NO2. The first-order valence-corrected chi connectivity index (χ1v) is 5.95. The molecule has 2 rings (SSSR count). The zero-order valence-electron chi connectivity index (χ0n) is 10.6. The van der Waals surface area contributed by atoms with Crippen LogP contribution in [0.1, 0.15) is 18.4 Å². The maximum Gasteiger partial charge on any atom is 0.392 e. The van der Waals surface area contributed by atoms with E-state index in [9.17, 15) is 18.0 Å². The summed E-state index contributed by atoms with van der Waals surface area (Å²) in [7, 11) is 0. The lowest BCUT2D eigenvalue weighted by Gasteiger charge is -2.23. The first-order valence-electron chi connectivity index (χ1n) is 5.95. The molecule has 0 aliphatic rings. The van der Waals surface area contributed by atoms with Crippen LogP contribution in [0.15, 0.2) is 36.5 Å². The molecule has 0 saturated carbocycles. The fraction of sp³-hybridized carbons (Fsp3) is 0.286. The van der Waals surface area contributed by atoms with Gasteiger partial charge >= 0.3 is 12.1 Å². The molecule has 0 unspecified atom stereocenters. The minimum atomic E-state index is -4.57. The van der Waals surface area contributed by atoms with Gasteiger partial charge in [-0.25, -0.2) is 0 Å². The molecule has 20 heavy (non-hydrogen) atoms. The first kappa shape index (κ1) is 14.3. The normalized spacial score (nSPS) is 15.0. The van der Waals surface area contributed by atoms with Crippen molar-refractivity contribution in [1.82, 2.24) is 4.98 Å². The highest BCUT2D eigenvalue weighted by Crippen LogP contribution is 2.37. The van der Waals surface area contributed by atoms with Gasteiger partial charge in [-0.2, -0.15) is 13.2 Å². The lowest BCUT2D eigenvalue weighted by atomic mass is 9.87. The molecule has 3 nitrogen and oxygen atoms in total. The Kier molecular flexibility index (Phi) is 3.65. The van der Waals surface area contributed by atoms with Gasteiger partial charge in [-0.15, -0.1) is 0 Å². The van der Waals surface area contributed by atoms with Crippen LogP contribution in [-0.2, 0) is 4.79 Å². The van der Waals surface area contributed by atoms with Crippen molar-refractivity contribution in [2.45, 2.75) is 19.0 Å². The van der Waals surface area contributed by atoms with Gasteiger partial charge in [-0.3, -0.25) is 9.78 Å². The van der Waals surface area contributed by atoms with Gasteiger partial charge < -0.3 is 5.11 Å². The van der Waals surface area contributed by atoms with E-state index in [1.54, 1.807) is 24.3 Å². The van der Waals surface area contributed by atoms with Gasteiger partial charge in [0.15, 0.2) is 0 Å². The van der Waals surface area contributed by atoms with Crippen LogP contribution < -0.4 is 0 Å². The number of rotatable bonds is 3. The maximum atomic E-state index is 12.8. The van der Waals surface area contributed by atoms with Crippen LogP contribution in [0.2, 0.25) is 0 Å². The molecule has 106 valence electrons. The Morgan fingerprint density at radius 2 is 1.95 bits per heavy atom. The number of fused-ring (bicyclic) bond motifs is 1. The van der Waals surface area contributed by atoms with Crippen molar-refractivity contribution in [3.05, 3.63) is 42.1 Å². The molecule has 0 saturated heterocycles. The molecule has 0 fully saturated rings. The molecule has 1 aromatic heterocycles. The summed E-state index contributed by atoms with van der Waals surface area (Å²) >= 11 is 0. The number of para-hydroxylation sites is 1. The van der Waals surface area contributed by atoms with Gasteiger partial charge in [0.2, 0.25) is 0 Å². The number of carboxylic acid groups (broad SMARTS) is 1. The van der Waals surface area contributed by atoms with Gasteiger partial charge in [0.05, 0.1) is 17.4 Å². The van der Waals surface area contributed by atoms with E-state index in [1.165, 1.54) is 12.3 Å². The molecule has 1 heterocycles. The molecule has 1 aromatic carbocycles. The van der Waals surface area contributed by atoms with Crippen LogP contribution >= 0.6 is 0 Å². The predicted octanol–water partition coefficient (Wildman–Crippen LogP) is 3.60. The lowest BCUT2D eigenvalue weighted by molar-refractivity contribution is -0.183. The molecule has 0 aliphatic carbocycles. The van der Waals surface area contributed by atoms with Gasteiger partial charge in [0.1, 0.15) is 0 Å². The molecule has 6 heteroatoms. The van der Waals surface area contributed by atoms with E-state index >= 15 is 0 Å². The SMILES string of the molecule is C[C@H]([C@@H](C(=O)O)c1cnc2ccccc2c1)C(F)(F)F. The smallest absolute Gasteiger partial charge is 0.392 e. The Balaban J connectivity index is 2.49. The molecule has 0 radical (unpaired) electrons. The monoisotopic (exact) mass is 283 g/mol. The van der Waals surface area contributed by atoms with Crippen molar-refractivity contribution in [3.63, 3.8) is 0 Å². The minimum absolute atomic E-state index is 0.0565. The Morgan fingerprint density at radius 3 is 2.55 bits per heavy atom. The van der Waals surface area contributed by atoms with E-state index in [4.69, 9.17) is 5.11 Å². The molecule has 2 aromatic rings. The summed E-state index contributed by atoms with van der Waals surface area (Å²) in [6.45, 7) is 0.869. The van der Waals surface area contributed by atoms with Gasteiger partial charge in [0, 0.05) is 11.6 Å². The summed E-state index contributed by atoms with van der Waals surface area (Å²) in [4.78, 5) is 15.2. The van der Waals surface area contributed by atoms with Crippen molar-refractivity contribution in [1.29, 1.82) is 0 Å². The second-order valence-electron chi connectivity index (χ2n) is 4.61. The highest BCUT2D eigenvalue weighted by molar-refractivity contribution is 5.82. The number of hydrogen-bond acceptors (Lipinski definition) is 2. The van der Waals surface area contributed by atoms with E-state index in [-0.39, 0.29) is 5.56 Å². The van der Waals surface area contributed by atoms with Gasteiger partial charge in [-0.05, 0) is 17.7 Å². The summed E-state index contributed by atoms with van der Waals surface area (Å²) < 4.78 is 38.3. The van der Waals surface area contributed by atoms with Crippen molar-refractivity contribution in [2.75, 3.05) is 0 Å². The minimum Gasteiger partial charge on any atom is -0.481 e. The molecule has 1 N–H and O–H groups in total. The molecule has 2 atom stereocenters. The highest BCUT2D eigenvalue weighted by Gasteiger charge is 2.45. The van der Waals surface area contributed by atoms with E-state index < -0.39 is 24.0 Å². The molecular weight excluding hydrogens is 271 g/mol. The van der Waals surface area contributed by atoms with Crippen molar-refractivity contribution >= 4 is 16.9 Å². The standard InChI is InChI=1S/C14H12F3NO2/c1-8(14(15,16)17)12(13(19)20)10-6-9-4-2-3-5-11(9)18-7-10/h2-8,12H,1H3,(H,19,20)/t8-,12-/m1/s1. The second kappa shape index (κ2) is 5.11. The zero-order valence-corrected chi connectivity index (χ0v) is 10.6. The molecule has 0 aliphatic heterocycles. The summed E-state index contributed by atoms with van der Waals surface area (Å²) in [5, 5.41) is 9.72. The fourth-order valence-electron chi connectivity index (χ4n) is 2.09. The van der Waals surface area contributed by atoms with E-state index in [2.05, 4.69) is 4.98 Å². The number of alkyl halides is 3. The van der Waals surface area contributed by atoms with Crippen LogP contribution in [0.25, 0.3) is 10.9 Å². The number of pyridine rings is 1. The first-order chi connectivity index (χ1) is 9.30. The van der Waals surface area contributed by atoms with E-state index in [0.717, 1.165) is 6.92 Å². The Labute approximate surface area is 113 Å². The number of carbonyl (C=O) groups is 1. The summed E-state index contributed by atoms with van der Waals surface area (Å²) in [5.41, 5.74) is 0.668. The van der Waals surface area contributed by atoms with Gasteiger partial charge in [-0.1, -0.05) is 25.1 Å². The quantitative estimate of drug-likeness (QED) is 0.936. The number of hydrogen-bond donors (Lipinski definition) is 1. The highest BCUT2D eigenvalue weighted by atomic mass is 19.4. The largest absolute Gasteiger partial charge is 0.481 e. The third-order valence-electron chi connectivity index (χ3n) is 3.25. The van der Waals surface area contributed by atoms with Gasteiger partial charge in [0.25, 0.3) is 0 Å². The van der Waals surface area contributed by atoms with Crippen LogP contribution in [0.3, 0.4) is 0 Å². The number of benzene rings is 1. The third kappa shape index (κ3) is 2.74. The second-order valence-corrected chi connectivity index (χ2v) is 4.61. The van der Waals surface area contributed by atoms with Crippen LogP contribution in [0.4, 0.5) is 13.2 Å². The Bertz CT molecular complexity index is 640. The molecule has 0 bridgehead atoms. The van der Waals surface area contributed by atoms with E-state index in [1.807, 2.05) is 0 Å². The molecule has 0 amide bonds. The zero-order chi connectivity index (χ0) is 14.9. The molecule has 0 spiro atoms. The van der Waals surface area contributed by atoms with Crippen molar-refractivity contribution in [3.8, 4) is 0 Å². The Morgan fingerprint density at radius 1 is 1.30 bits per heavy atom. The van der Waals surface area contributed by atoms with E-state index in [0.29, 0.717) is 10.9 Å². The van der Waals surface area contributed by atoms with Crippen molar-refractivity contribution < 1.29 is 23.1 Å². The number of carboxylic acids is 1. The topological polar surface area (TPSA) is 50.2 Å². The number of aliphatic carboxylic acids is 1. The van der Waals surface area contributed by atoms with Crippen LogP contribution in [0.5, 0.6) is 0 Å². The average Bonchev–Trinajstić information content (AvgIpc) is 2.37. The number of halogens is 3. The predicted molar refractivity (Wildman–Crippen MR) is 67.3 cm³/mol. The summed E-state index contributed by atoms with van der Waals surface area (Å²) in [5.74, 6) is -5.15. The van der Waals surface area contributed by atoms with Crippen LogP contribution in [0, 0.1) is 5.92 Å². The van der Waals surface area contributed by atoms with Crippen molar-refractivity contribution in [2.24, 2.45) is 5.92 Å². The maximum absolute atomic E-state index is 12.8. The Hall–Kier alpha value is -2.11. The lowest BCUT2D eigenvalue weighted by Crippen LogP contribution is -2.31. The van der Waals surface area contributed by atoms with Crippen LogP contribution in [-0.4, -0.2) is 22.2 Å². The number of aromatic nitrogens is 1. The summed E-state index contributed by atoms with van der Waals surface area (Å²) in [6, 6.07) is 8.31. The third-order valence-corrected chi connectivity index (χ3v) is 3.25. The number of nitrogens with zero attached hydrogens (tertiary/aromatic N) is 1. The fourth-order valence-corrected chi connectivity index (χ4v) is 2.09. The average molecular weight is 283 g/mol. The summed E-state index contributed by atoms with van der Waals surface area (Å²) in [6.07, 6.45) is -3.38.